The number of rotatable bonds is 6. The molecule has 2 heterocycles. The molecule has 0 unspecified atom stereocenters. The predicted octanol–water partition coefficient (Wildman–Crippen LogP) is 2.17. The number of aromatic nitrogens is 4. The number of carbonyl (C=O) groups is 1. The number of hydrogen-bond acceptors (Lipinski definition) is 4. The maximum atomic E-state index is 11.9. The normalized spacial score (nSPS) is 10.8. The number of amides is 1. The molecule has 3 aromatic rings. The highest BCUT2D eigenvalue weighted by Gasteiger charge is 2.07. The minimum Gasteiger partial charge on any atom is -0.351 e. The average molecular weight is 319 g/mol. The van der Waals surface area contributed by atoms with Gasteiger partial charge in [-0.15, -0.1) is 0 Å². The smallest absolute Gasteiger partial charge is 0.244 e. The molecule has 0 aliphatic rings. The van der Waals surface area contributed by atoms with E-state index in [4.69, 9.17) is 0 Å². The van der Waals surface area contributed by atoms with Crippen LogP contribution in [-0.4, -0.2) is 32.0 Å². The third-order valence-electron chi connectivity index (χ3n) is 3.39. The first kappa shape index (κ1) is 15.6. The maximum absolute atomic E-state index is 11.9. The average Bonchev–Trinajstić information content (AvgIpc) is 3.10. The number of imidazole rings is 1. The molecule has 0 bridgehead atoms. The number of carbonyl (C=O) groups excluding carboxylic acids is 1. The van der Waals surface area contributed by atoms with Crippen LogP contribution < -0.4 is 5.32 Å². The van der Waals surface area contributed by atoms with Crippen molar-refractivity contribution < 1.29 is 4.79 Å². The van der Waals surface area contributed by atoms with Gasteiger partial charge in [-0.05, 0) is 11.6 Å². The third-order valence-corrected chi connectivity index (χ3v) is 3.39. The Morgan fingerprint density at radius 1 is 1.12 bits per heavy atom. The largest absolute Gasteiger partial charge is 0.351 e. The van der Waals surface area contributed by atoms with Gasteiger partial charge in [-0.1, -0.05) is 30.3 Å². The molecule has 6 heteroatoms. The molecule has 1 aromatic carbocycles. The van der Waals surface area contributed by atoms with Crippen LogP contribution in [0.1, 0.15) is 5.56 Å². The molecule has 0 aliphatic carbocycles. The highest BCUT2D eigenvalue weighted by molar-refractivity contribution is 5.91. The van der Waals surface area contributed by atoms with Crippen LogP contribution in [-0.2, 0) is 11.3 Å². The number of nitrogens with one attached hydrogen (secondary N) is 1. The fraction of sp³-hybridized carbons (Fsp3) is 0.111. The molecular formula is C18H17N5O. The lowest BCUT2D eigenvalue weighted by molar-refractivity contribution is -0.116. The van der Waals surface area contributed by atoms with Crippen LogP contribution in [0.2, 0.25) is 0 Å². The van der Waals surface area contributed by atoms with Gasteiger partial charge >= 0.3 is 0 Å². The van der Waals surface area contributed by atoms with Crippen LogP contribution in [0.5, 0.6) is 0 Å². The summed E-state index contributed by atoms with van der Waals surface area (Å²) >= 11 is 0. The Morgan fingerprint density at radius 2 is 2.00 bits per heavy atom. The molecule has 24 heavy (non-hydrogen) atoms. The molecule has 1 amide bonds. The summed E-state index contributed by atoms with van der Waals surface area (Å²) in [4.78, 5) is 24.4. The van der Waals surface area contributed by atoms with Crippen LogP contribution in [0.25, 0.3) is 17.6 Å². The Morgan fingerprint density at radius 3 is 2.79 bits per heavy atom. The molecule has 0 radical (unpaired) electrons. The number of nitrogens with zero attached hydrogens (tertiary/aromatic N) is 4. The van der Waals surface area contributed by atoms with Crippen LogP contribution >= 0.6 is 0 Å². The van der Waals surface area contributed by atoms with Crippen LogP contribution in [0.4, 0.5) is 0 Å². The van der Waals surface area contributed by atoms with E-state index in [-0.39, 0.29) is 5.91 Å². The van der Waals surface area contributed by atoms with Gasteiger partial charge in [0, 0.05) is 44.0 Å². The van der Waals surface area contributed by atoms with E-state index in [0.717, 1.165) is 11.4 Å². The first-order chi connectivity index (χ1) is 11.8. The second-order valence-electron chi connectivity index (χ2n) is 5.07. The van der Waals surface area contributed by atoms with Crippen LogP contribution in [0, 0.1) is 0 Å². The minimum absolute atomic E-state index is 0.125. The number of benzene rings is 1. The van der Waals surface area contributed by atoms with Gasteiger partial charge < -0.3 is 9.88 Å². The topological polar surface area (TPSA) is 72.7 Å². The van der Waals surface area contributed by atoms with Crippen molar-refractivity contribution in [3.63, 3.8) is 0 Å². The van der Waals surface area contributed by atoms with Gasteiger partial charge in [-0.25, -0.2) is 9.97 Å². The van der Waals surface area contributed by atoms with E-state index in [1.165, 1.54) is 6.08 Å². The molecule has 0 atom stereocenters. The first-order valence-electron chi connectivity index (χ1n) is 7.61. The van der Waals surface area contributed by atoms with Crippen LogP contribution in [0.3, 0.4) is 0 Å². The summed E-state index contributed by atoms with van der Waals surface area (Å²) in [5, 5.41) is 2.86. The van der Waals surface area contributed by atoms with E-state index in [9.17, 15) is 4.79 Å². The highest BCUT2D eigenvalue weighted by atomic mass is 16.1. The monoisotopic (exact) mass is 319 g/mol. The van der Waals surface area contributed by atoms with Gasteiger partial charge in [0.1, 0.15) is 5.69 Å². The Hall–Kier alpha value is -3.28. The molecule has 0 aliphatic heterocycles. The fourth-order valence-electron chi connectivity index (χ4n) is 2.23. The minimum atomic E-state index is -0.125. The Kier molecular flexibility index (Phi) is 5.09. The van der Waals surface area contributed by atoms with Gasteiger partial charge in [0.15, 0.2) is 5.82 Å². The second kappa shape index (κ2) is 7.82. The quantitative estimate of drug-likeness (QED) is 0.707. The van der Waals surface area contributed by atoms with E-state index < -0.39 is 0 Å². The molecular weight excluding hydrogens is 302 g/mol. The van der Waals surface area contributed by atoms with Gasteiger partial charge in [0.2, 0.25) is 5.91 Å². The predicted molar refractivity (Wildman–Crippen MR) is 91.7 cm³/mol. The van der Waals surface area contributed by atoms with Crippen molar-refractivity contribution in [2.75, 3.05) is 6.54 Å². The van der Waals surface area contributed by atoms with Gasteiger partial charge in [0.25, 0.3) is 0 Å². The first-order valence-corrected chi connectivity index (χ1v) is 7.61. The molecule has 3 rings (SSSR count). The van der Waals surface area contributed by atoms with Crippen LogP contribution in [0.15, 0.2) is 67.4 Å². The number of hydrogen-bond donors (Lipinski definition) is 1. The van der Waals surface area contributed by atoms with Gasteiger partial charge in [-0.3, -0.25) is 9.78 Å². The lowest BCUT2D eigenvalue weighted by Gasteiger charge is -2.07. The van der Waals surface area contributed by atoms with E-state index in [1.807, 2.05) is 41.1 Å². The molecule has 0 saturated heterocycles. The lowest BCUT2D eigenvalue weighted by atomic mass is 10.2. The van der Waals surface area contributed by atoms with Gasteiger partial charge in [0.05, 0.1) is 6.20 Å². The van der Waals surface area contributed by atoms with Crippen molar-refractivity contribution in [1.82, 2.24) is 24.8 Å². The third kappa shape index (κ3) is 4.13. The van der Waals surface area contributed by atoms with Crippen molar-refractivity contribution >= 4 is 12.0 Å². The molecule has 2 aromatic heterocycles. The summed E-state index contributed by atoms with van der Waals surface area (Å²) in [5.41, 5.74) is 1.70. The molecule has 0 spiro atoms. The Labute approximate surface area is 139 Å². The molecule has 6 nitrogen and oxygen atoms in total. The Bertz CT molecular complexity index is 812. The molecule has 0 saturated carbocycles. The zero-order valence-electron chi connectivity index (χ0n) is 13.0. The van der Waals surface area contributed by atoms with Crippen molar-refractivity contribution in [1.29, 1.82) is 0 Å². The summed E-state index contributed by atoms with van der Waals surface area (Å²) in [6.45, 7) is 1.11. The van der Waals surface area contributed by atoms with E-state index >= 15 is 0 Å². The summed E-state index contributed by atoms with van der Waals surface area (Å²) in [7, 11) is 0. The van der Waals surface area contributed by atoms with Crippen molar-refractivity contribution in [3.05, 3.63) is 73.0 Å². The van der Waals surface area contributed by atoms with Gasteiger partial charge in [-0.2, -0.15) is 0 Å². The van der Waals surface area contributed by atoms with Crippen molar-refractivity contribution in [3.8, 4) is 11.5 Å². The fourth-order valence-corrected chi connectivity index (χ4v) is 2.23. The standard InChI is InChI=1S/C18H17N5O/c24-17(7-6-15-4-2-1-3-5-15)21-10-12-23-13-11-22-18(23)16-14-19-8-9-20-16/h1-9,11,13-14H,10,12H2,(H,21,24)/b7-6+. The molecule has 1 N–H and O–H groups in total. The molecule has 120 valence electrons. The van der Waals surface area contributed by atoms with E-state index in [2.05, 4.69) is 20.3 Å². The maximum Gasteiger partial charge on any atom is 0.244 e. The summed E-state index contributed by atoms with van der Waals surface area (Å²) < 4.78 is 1.94. The molecule has 0 fully saturated rings. The van der Waals surface area contributed by atoms with E-state index in [1.54, 1.807) is 30.9 Å². The summed E-state index contributed by atoms with van der Waals surface area (Å²) in [6, 6.07) is 9.71. The summed E-state index contributed by atoms with van der Waals surface area (Å²) in [5.74, 6) is 0.609. The highest BCUT2D eigenvalue weighted by Crippen LogP contribution is 2.12. The van der Waals surface area contributed by atoms with E-state index in [0.29, 0.717) is 18.8 Å². The zero-order valence-corrected chi connectivity index (χ0v) is 13.0. The zero-order chi connectivity index (χ0) is 16.6. The second-order valence-corrected chi connectivity index (χ2v) is 5.07. The van der Waals surface area contributed by atoms with Crippen molar-refractivity contribution in [2.45, 2.75) is 6.54 Å². The Balaban J connectivity index is 1.53. The van der Waals surface area contributed by atoms with Crippen molar-refractivity contribution in [2.24, 2.45) is 0 Å². The SMILES string of the molecule is O=C(/C=C/c1ccccc1)NCCn1ccnc1-c1cnccn1. The lowest BCUT2D eigenvalue weighted by Crippen LogP contribution is -2.25. The summed E-state index contributed by atoms with van der Waals surface area (Å²) in [6.07, 6.45) is 11.8.